The number of hydrogen-bond donors (Lipinski definition) is 4. The number of halogens is 4. The molecule has 19 heteroatoms. The quantitative estimate of drug-likeness (QED) is 0.0819. The third-order valence-electron chi connectivity index (χ3n) is 19.2. The number of fused-ring (bicyclic) bond motifs is 9. The normalized spacial score (nSPS) is 27.5. The summed E-state index contributed by atoms with van der Waals surface area (Å²) in [7, 11) is 0. The molecule has 5 fully saturated rings. The summed E-state index contributed by atoms with van der Waals surface area (Å²) in [6.45, 7) is 29.6. The van der Waals surface area contributed by atoms with E-state index in [-0.39, 0.29) is 61.1 Å². The number of amides is 3. The molecule has 4 N–H and O–H groups in total. The van der Waals surface area contributed by atoms with Crippen LogP contribution in [0.25, 0.3) is 5.69 Å². The number of anilines is 2. The van der Waals surface area contributed by atoms with Crippen LogP contribution in [0.4, 0.5) is 21.0 Å². The molecule has 1 aromatic heterocycles. The molecule has 6 aliphatic rings. The molecule has 3 aromatic carbocycles. The van der Waals surface area contributed by atoms with Gasteiger partial charge < -0.3 is 9.47 Å². The van der Waals surface area contributed by atoms with Gasteiger partial charge in [-0.25, -0.2) is 30.1 Å². The van der Waals surface area contributed by atoms with Gasteiger partial charge in [-0.3, -0.25) is 34.5 Å². The zero-order valence-corrected chi connectivity index (χ0v) is 51.7. The Bertz CT molecular complexity index is 3160. The number of hydrogen-bond acceptors (Lipinski definition) is 10. The summed E-state index contributed by atoms with van der Waals surface area (Å²) in [6.07, 6.45) is 4.35. The first-order valence-electron chi connectivity index (χ1n) is 27.3. The summed E-state index contributed by atoms with van der Waals surface area (Å²) >= 11 is 24.0. The molecular formula is C61H78Cl4N6O9. The van der Waals surface area contributed by atoms with Crippen molar-refractivity contribution in [3.8, 4) is 5.69 Å². The summed E-state index contributed by atoms with van der Waals surface area (Å²) in [5.41, 5.74) is 9.13. The lowest BCUT2D eigenvalue weighted by Gasteiger charge is -2.34. The molecular weight excluding hydrogens is 1100 g/mol. The molecule has 6 bridgehead atoms. The van der Waals surface area contributed by atoms with E-state index < -0.39 is 51.8 Å². The Labute approximate surface area is 490 Å². The number of H-pyrrole nitrogens is 1. The standard InChI is InChI=1S/C22H29ClN2O4.C17H19ClN2O.C11H15ClN2O2.C11H15ClO2/c1-20(2,3)29-19(28)24-25(15-10-8-7-9-14(15)23)18(27)16-13-11-12-22(6,17(16)26)21(13,4)5;1-16(2)10-8-9-17(16,3)14-13(10)15(21)20(19-14)12-7-5-4-6-11(12)18;1-11(2,3)16-10(15)14-13-9-7-5-4-6-8(9)12;1-10(2)6-4-5-11(10,3)8(13)7(6)9(12)14/h7-10,13,16H,11-12H2,1-6H3,(H,24,28);4-7,10,19H,8-9H2,1-3H3;4-7,13H,1-3H3,(H,14,15);6-7H,4-5H2,1-3H3/t13-,16?,22+;10-,17+;;6-,7?,11+/m00.0/s1. The highest BCUT2D eigenvalue weighted by Crippen LogP contribution is 2.68. The van der Waals surface area contributed by atoms with Gasteiger partial charge in [0.2, 0.25) is 5.24 Å². The van der Waals surface area contributed by atoms with Crippen molar-refractivity contribution in [1.29, 1.82) is 0 Å². The molecule has 5 saturated carbocycles. The van der Waals surface area contributed by atoms with Crippen LogP contribution in [0.3, 0.4) is 0 Å². The number of carbonyl (C=O) groups excluding carboxylic acids is 6. The first-order chi connectivity index (χ1) is 36.9. The molecule has 2 unspecified atom stereocenters. The molecule has 434 valence electrons. The van der Waals surface area contributed by atoms with Gasteiger partial charge >= 0.3 is 12.2 Å². The molecule has 8 atom stereocenters. The third kappa shape index (κ3) is 11.1. The van der Waals surface area contributed by atoms with Crippen molar-refractivity contribution in [3.63, 3.8) is 0 Å². The lowest BCUT2D eigenvalue weighted by atomic mass is 9.70. The minimum absolute atomic E-state index is 0.0542. The average Bonchev–Trinajstić information content (AvgIpc) is 4.19. The van der Waals surface area contributed by atoms with E-state index in [0.717, 1.165) is 60.5 Å². The van der Waals surface area contributed by atoms with Crippen molar-refractivity contribution in [3.05, 3.63) is 109 Å². The summed E-state index contributed by atoms with van der Waals surface area (Å²) in [6, 6.07) is 21.3. The molecule has 10 rings (SSSR count). The van der Waals surface area contributed by atoms with Gasteiger partial charge in [-0.15, -0.1) is 0 Å². The number of carbonyl (C=O) groups is 6. The van der Waals surface area contributed by atoms with Gasteiger partial charge in [0.05, 0.1) is 38.0 Å². The molecule has 80 heavy (non-hydrogen) atoms. The molecule has 4 aromatic rings. The zero-order chi connectivity index (χ0) is 59.7. The number of para-hydroxylation sites is 3. The van der Waals surface area contributed by atoms with Crippen molar-refractivity contribution in [1.82, 2.24) is 20.6 Å². The molecule has 3 amide bonds. The summed E-state index contributed by atoms with van der Waals surface area (Å²) < 4.78 is 12.0. The predicted octanol–water partition coefficient (Wildman–Crippen LogP) is 14.3. The first-order valence-corrected chi connectivity index (χ1v) is 28.8. The number of rotatable bonds is 6. The molecule has 1 heterocycles. The van der Waals surface area contributed by atoms with E-state index in [0.29, 0.717) is 27.3 Å². The highest BCUT2D eigenvalue weighted by atomic mass is 35.5. The monoisotopic (exact) mass is 1180 g/mol. The fourth-order valence-electron chi connectivity index (χ4n) is 13.6. The Kier molecular flexibility index (Phi) is 17.2. The predicted molar refractivity (Wildman–Crippen MR) is 314 cm³/mol. The molecule has 0 spiro atoms. The van der Waals surface area contributed by atoms with Crippen molar-refractivity contribution in [2.24, 2.45) is 50.7 Å². The SMILES string of the molecule is CC(C)(C)OC(=O)NN(C(=O)C1C(=O)[C@@]2(C)CC[C@@H]1C2(C)C)c1ccccc1Cl.CC(C)(C)OC(=O)NNc1ccccc1Cl.CC1(C)[C@H]2CC[C@]1(C)C(=O)C2C(=O)Cl.CC1(C)[C@H]2CC[C@]1(C)c1[nH]n(-c3ccccc3Cl)c(=O)c12. The first kappa shape index (κ1) is 62.3. The van der Waals surface area contributed by atoms with E-state index in [1.807, 2.05) is 44.2 Å². The second-order valence-electron chi connectivity index (χ2n) is 26.5. The van der Waals surface area contributed by atoms with Gasteiger partial charge in [-0.2, -0.15) is 0 Å². The van der Waals surface area contributed by atoms with E-state index in [1.165, 1.54) is 0 Å². The maximum atomic E-state index is 13.6. The zero-order valence-electron chi connectivity index (χ0n) is 48.6. The Balaban J connectivity index is 0.000000160. The van der Waals surface area contributed by atoms with Crippen LogP contribution in [0.2, 0.25) is 15.1 Å². The van der Waals surface area contributed by atoms with Crippen LogP contribution < -0.4 is 26.8 Å². The number of hydrazine groups is 2. The summed E-state index contributed by atoms with van der Waals surface area (Å²) in [4.78, 5) is 86.8. The van der Waals surface area contributed by atoms with Gasteiger partial charge in [0.1, 0.15) is 17.1 Å². The lowest BCUT2D eigenvalue weighted by Crippen LogP contribution is -2.53. The highest BCUT2D eigenvalue weighted by molar-refractivity contribution is 6.65. The van der Waals surface area contributed by atoms with Gasteiger partial charge in [0.25, 0.3) is 11.5 Å². The summed E-state index contributed by atoms with van der Waals surface area (Å²) in [5, 5.41) is 5.40. The fourth-order valence-corrected chi connectivity index (χ4v) is 14.4. The molecule has 0 aliphatic heterocycles. The number of aromatic amines is 1. The number of ketones is 2. The maximum Gasteiger partial charge on any atom is 0.427 e. The topological polar surface area (TPSA) is 198 Å². The fraction of sp³-hybridized carbons (Fsp3) is 0.557. The number of nitrogens with one attached hydrogen (secondary N) is 4. The number of benzene rings is 3. The van der Waals surface area contributed by atoms with E-state index in [2.05, 4.69) is 69.8 Å². The Hall–Kier alpha value is -5.35. The minimum Gasteiger partial charge on any atom is -0.443 e. The largest absolute Gasteiger partial charge is 0.443 e. The van der Waals surface area contributed by atoms with Crippen LogP contribution in [0.15, 0.2) is 77.6 Å². The average molecular weight is 1180 g/mol. The van der Waals surface area contributed by atoms with Gasteiger partial charge in [0.15, 0.2) is 11.6 Å². The van der Waals surface area contributed by atoms with E-state index in [1.54, 1.807) is 88.7 Å². The maximum absolute atomic E-state index is 13.6. The van der Waals surface area contributed by atoms with Gasteiger partial charge in [-0.1, -0.05) is 134 Å². The number of nitrogens with zero attached hydrogens (tertiary/aromatic N) is 2. The second-order valence-corrected chi connectivity index (χ2v) is 28.1. The number of aromatic nitrogens is 2. The highest BCUT2D eigenvalue weighted by Gasteiger charge is 2.69. The Morgan fingerprint density at radius 1 is 0.613 bits per heavy atom. The van der Waals surface area contributed by atoms with Gasteiger partial charge in [0, 0.05) is 27.5 Å². The van der Waals surface area contributed by atoms with E-state index in [4.69, 9.17) is 55.9 Å². The molecule has 0 radical (unpaired) electrons. The van der Waals surface area contributed by atoms with Crippen LogP contribution in [0.1, 0.15) is 160 Å². The van der Waals surface area contributed by atoms with Crippen LogP contribution in [0.5, 0.6) is 0 Å². The minimum atomic E-state index is -0.824. The molecule has 6 aliphatic carbocycles. The Morgan fingerprint density at radius 2 is 1.09 bits per heavy atom. The van der Waals surface area contributed by atoms with Crippen molar-refractivity contribution < 1.29 is 38.2 Å². The molecule has 0 saturated heterocycles. The third-order valence-corrected chi connectivity index (χ3v) is 20.4. The van der Waals surface area contributed by atoms with Crippen LogP contribution in [-0.2, 0) is 34.1 Å². The van der Waals surface area contributed by atoms with Crippen LogP contribution in [-0.4, -0.2) is 55.9 Å². The van der Waals surface area contributed by atoms with Gasteiger partial charge in [-0.05, 0) is 162 Å². The van der Waals surface area contributed by atoms with Crippen LogP contribution in [0, 0.1) is 50.7 Å². The van der Waals surface area contributed by atoms with Crippen LogP contribution >= 0.6 is 46.4 Å². The van der Waals surface area contributed by atoms with Crippen molar-refractivity contribution in [2.75, 3.05) is 10.4 Å². The summed E-state index contributed by atoms with van der Waals surface area (Å²) in [5.74, 6) is -1.41. The number of ether oxygens (including phenoxy) is 2. The second kappa shape index (κ2) is 22.1. The van der Waals surface area contributed by atoms with E-state index >= 15 is 0 Å². The smallest absolute Gasteiger partial charge is 0.427 e. The van der Waals surface area contributed by atoms with E-state index in [9.17, 15) is 33.6 Å². The van der Waals surface area contributed by atoms with Crippen molar-refractivity contribution in [2.45, 2.75) is 165 Å². The Morgan fingerprint density at radius 3 is 1.55 bits per heavy atom. The lowest BCUT2D eigenvalue weighted by molar-refractivity contribution is -0.138. The van der Waals surface area contributed by atoms with Crippen molar-refractivity contribution >= 4 is 92.7 Å². The number of Topliss-reactive ketones (excluding diaryl/α,β-unsaturated/α-hetero) is 2. The molecule has 15 nitrogen and oxygen atoms in total.